The molecule has 0 saturated heterocycles. The number of phenols is 2. The fourth-order valence-corrected chi connectivity index (χ4v) is 15.3. The number of nitrogens with two attached hydrogens (primary N) is 1. The number of para-hydroxylation sites is 2. The van der Waals surface area contributed by atoms with Gasteiger partial charge in [0.2, 0.25) is 0 Å². The zero-order valence-electron chi connectivity index (χ0n) is 42.1. The van der Waals surface area contributed by atoms with Crippen molar-refractivity contribution in [3.8, 4) is 11.5 Å². The van der Waals surface area contributed by atoms with Gasteiger partial charge < -0.3 is 30.5 Å². The van der Waals surface area contributed by atoms with Gasteiger partial charge in [-0.3, -0.25) is 14.4 Å². The van der Waals surface area contributed by atoms with Crippen molar-refractivity contribution in [1.82, 2.24) is 0 Å². The molecule has 386 valence electrons. The predicted molar refractivity (Wildman–Crippen MR) is 300 cm³/mol. The fourth-order valence-electron chi connectivity index (χ4n) is 10.3. The number of hydrogen-bond donors (Lipinski definition) is 4. The molecular weight excluding hydrogens is 991 g/mol. The maximum atomic E-state index is 12.8. The molecule has 2 fully saturated rings. The van der Waals surface area contributed by atoms with Gasteiger partial charge in [-0.1, -0.05) is 123 Å². The van der Waals surface area contributed by atoms with E-state index in [1.54, 1.807) is 65.5 Å². The van der Waals surface area contributed by atoms with Crippen LogP contribution in [0, 0.1) is 22.7 Å². The zero-order valence-corrected chi connectivity index (χ0v) is 46.2. The second-order valence-corrected chi connectivity index (χ2v) is 26.9. The molecule has 4 aromatic rings. The molecule has 0 aliphatic heterocycles. The summed E-state index contributed by atoms with van der Waals surface area (Å²) in [4.78, 5) is 38.5. The normalized spacial score (nSPS) is 21.9. The van der Waals surface area contributed by atoms with Crippen LogP contribution in [0.4, 0.5) is 5.69 Å². The average molecular weight is 1070 g/mol. The van der Waals surface area contributed by atoms with Crippen LogP contribution in [0.1, 0.15) is 98.0 Å². The van der Waals surface area contributed by atoms with E-state index >= 15 is 0 Å². The van der Waals surface area contributed by atoms with E-state index in [9.17, 15) is 14.4 Å². The molecule has 0 radical (unpaired) electrons. The monoisotopic (exact) mass is 1060 g/mol. The van der Waals surface area contributed by atoms with Crippen LogP contribution < -0.4 is 10.6 Å². The quantitative estimate of drug-likeness (QED) is 0.0665. The summed E-state index contributed by atoms with van der Waals surface area (Å²) >= 11 is 18.8. The Hall–Kier alpha value is -3.93. The molecule has 14 heteroatoms. The minimum absolute atomic E-state index is 0.124. The highest BCUT2D eigenvalue weighted by Crippen LogP contribution is 2.67. The van der Waals surface area contributed by atoms with Crippen LogP contribution >= 0.6 is 40.1 Å². The van der Waals surface area contributed by atoms with E-state index in [1.165, 1.54) is 28.9 Å². The maximum Gasteiger partial charge on any atom is 0.320 e. The predicted octanol–water partition coefficient (Wildman–Crippen LogP) is 14.0. The Labute approximate surface area is 442 Å². The number of halogens is 2. The number of carbonyl (C=O) groups excluding carboxylic acids is 2. The number of hydrogen-bond acceptors (Lipinski definition) is 10. The van der Waals surface area contributed by atoms with E-state index in [1.807, 2.05) is 74.5 Å². The van der Waals surface area contributed by atoms with Crippen LogP contribution in [0.3, 0.4) is 0 Å². The number of aromatic hydroxyl groups is 2. The Morgan fingerprint density at radius 1 is 0.817 bits per heavy atom. The number of aliphatic carboxylic acids is 1. The molecule has 1 unspecified atom stereocenters. The van der Waals surface area contributed by atoms with Crippen molar-refractivity contribution >= 4 is 75.1 Å². The standard InChI is InChI=1S/C22H30O2.C13H18Cl2N2O2.C10H15OPS2.2C6H6O/c1-4-20(24)22(3)12-10-19-18-7-5-14-13-15(23)6-8-16(14)17(18)9-11-21(19,22)2;14-5-7-17(8-6-15)11-3-1-10(2-4-11)9-12(16)13(18)19;1-3-11-12(13,4-2)14-10-8-6-5-7-9-10;2*7-6-4-2-1-3-5-6/h13,18-19H,4-12H2,1-3H3;1-4,12H,5-9,16H2,(H,18,19);5-9H,3-4H2,1-2H3;2*1-5,7H/t18-,19+,21+,22-;12-;;;/m10.../s1. The van der Waals surface area contributed by atoms with E-state index in [0.717, 1.165) is 62.6 Å². The van der Waals surface area contributed by atoms with E-state index in [4.69, 9.17) is 60.6 Å². The van der Waals surface area contributed by atoms with Gasteiger partial charge in [-0.15, -0.1) is 23.2 Å². The lowest BCUT2D eigenvalue weighted by Gasteiger charge is -2.52. The molecular formula is C57H75Cl2N2O7PS2. The third-order valence-electron chi connectivity index (χ3n) is 14.3. The lowest BCUT2D eigenvalue weighted by atomic mass is 9.51. The lowest BCUT2D eigenvalue weighted by molar-refractivity contribution is -0.138. The summed E-state index contributed by atoms with van der Waals surface area (Å²) in [6.07, 6.45) is 12.3. The van der Waals surface area contributed by atoms with Gasteiger partial charge in [0.15, 0.2) is 5.78 Å². The van der Waals surface area contributed by atoms with Crippen molar-refractivity contribution < 1.29 is 34.2 Å². The number of nitrogens with zero attached hydrogens (tertiary/aromatic N) is 1. The molecule has 8 rings (SSSR count). The average Bonchev–Trinajstić information content (AvgIpc) is 3.65. The van der Waals surface area contributed by atoms with Gasteiger partial charge in [-0.25, -0.2) is 0 Å². The summed E-state index contributed by atoms with van der Waals surface area (Å²) in [5, 5.41) is 26.0. The highest BCUT2D eigenvalue weighted by atomic mass is 35.5. The van der Waals surface area contributed by atoms with Crippen molar-refractivity contribution in [3.05, 3.63) is 144 Å². The van der Waals surface area contributed by atoms with E-state index in [-0.39, 0.29) is 10.8 Å². The van der Waals surface area contributed by atoms with Crippen LogP contribution in [-0.2, 0) is 37.1 Å². The first-order valence-corrected chi connectivity index (χ1v) is 30.3. The first-order chi connectivity index (χ1) is 34.0. The Morgan fingerprint density at radius 3 is 1.86 bits per heavy atom. The first kappa shape index (κ1) is 59.6. The SMILES string of the molecule is CCC(=O)[C@@]1(C)CC[C@H]2[C@@H]3CCC4=CC(=O)CCC4=C3CC[C@@]21C.CCOP(=S)(CC)Sc1ccccc1.N[C@@H](Cc1ccc(N(CCCl)CCCl)cc1)C(=O)O.Oc1ccccc1.Oc1ccccc1. The molecule has 0 bridgehead atoms. The Morgan fingerprint density at radius 2 is 1.38 bits per heavy atom. The second-order valence-electron chi connectivity index (χ2n) is 18.6. The zero-order chi connectivity index (χ0) is 52.0. The molecule has 4 aliphatic rings. The number of rotatable bonds is 15. The van der Waals surface area contributed by atoms with E-state index in [2.05, 4.69) is 37.8 Å². The van der Waals surface area contributed by atoms with Crippen LogP contribution in [0.25, 0.3) is 0 Å². The van der Waals surface area contributed by atoms with Crippen LogP contribution in [0.2, 0.25) is 0 Å². The summed E-state index contributed by atoms with van der Waals surface area (Å²) in [6.45, 7) is 13.0. The van der Waals surface area contributed by atoms with Gasteiger partial charge in [0.1, 0.15) is 28.8 Å². The summed E-state index contributed by atoms with van der Waals surface area (Å²) < 4.78 is 5.67. The molecule has 4 aliphatic carbocycles. The van der Waals surface area contributed by atoms with Crippen LogP contribution in [-0.4, -0.2) is 76.5 Å². The fraction of sp³-hybridized carbons (Fsp3) is 0.456. The summed E-state index contributed by atoms with van der Waals surface area (Å²) in [5.74, 6) is 2.83. The number of anilines is 1. The number of benzene rings is 4. The molecule has 4 aromatic carbocycles. The number of carboxylic acid groups (broad SMARTS) is 1. The van der Waals surface area contributed by atoms with Crippen molar-refractivity contribution in [2.45, 2.75) is 110 Å². The molecule has 6 atom stereocenters. The largest absolute Gasteiger partial charge is 0.508 e. The van der Waals surface area contributed by atoms with Crippen molar-refractivity contribution in [1.29, 1.82) is 0 Å². The number of alkyl halides is 2. The third kappa shape index (κ3) is 17.3. The summed E-state index contributed by atoms with van der Waals surface area (Å²) in [5.41, 5.74) is 10.3. The number of Topliss-reactive ketones (excluding diaryl/α,β-unsaturated/α-hetero) is 1. The first-order valence-electron chi connectivity index (χ1n) is 24.9. The second kappa shape index (κ2) is 29.7. The van der Waals surface area contributed by atoms with Crippen molar-refractivity contribution in [3.63, 3.8) is 0 Å². The minimum atomic E-state index is -1.67. The highest BCUT2D eigenvalue weighted by Gasteiger charge is 2.61. The van der Waals surface area contributed by atoms with E-state index in [0.29, 0.717) is 72.5 Å². The molecule has 9 nitrogen and oxygen atoms in total. The number of phenolic OH excluding ortho intramolecular Hbond substituents is 2. The third-order valence-corrected chi connectivity index (χ3v) is 21.1. The van der Waals surface area contributed by atoms with Crippen LogP contribution in [0.15, 0.2) is 143 Å². The highest BCUT2D eigenvalue weighted by molar-refractivity contribution is 8.69. The van der Waals surface area contributed by atoms with Crippen LogP contribution in [0.5, 0.6) is 11.5 Å². The van der Waals surface area contributed by atoms with Crippen molar-refractivity contribution in [2.24, 2.45) is 28.4 Å². The molecule has 0 heterocycles. The maximum absolute atomic E-state index is 12.8. The molecule has 5 N–H and O–H groups in total. The van der Waals surface area contributed by atoms with Gasteiger partial charge >= 0.3 is 5.97 Å². The number of allylic oxidation sites excluding steroid dienone is 4. The topological polar surface area (TPSA) is 150 Å². The van der Waals surface area contributed by atoms with E-state index < -0.39 is 17.5 Å². The smallest absolute Gasteiger partial charge is 0.320 e. The number of carbonyl (C=O) groups is 3. The van der Waals surface area contributed by atoms with Gasteiger partial charge in [0.25, 0.3) is 0 Å². The lowest BCUT2D eigenvalue weighted by Crippen LogP contribution is -2.47. The molecule has 71 heavy (non-hydrogen) atoms. The van der Waals surface area contributed by atoms with Gasteiger partial charge in [0, 0.05) is 66.5 Å². The Balaban J connectivity index is 0.000000208. The molecule has 2 saturated carbocycles. The number of fused-ring (bicyclic) bond motifs is 4. The van der Waals surface area contributed by atoms with Gasteiger partial charge in [0.05, 0.1) is 0 Å². The number of ketones is 2. The number of carboxylic acids is 1. The minimum Gasteiger partial charge on any atom is -0.508 e. The Bertz CT molecular complexity index is 2350. The summed E-state index contributed by atoms with van der Waals surface area (Å²) in [7, 11) is 0. The van der Waals surface area contributed by atoms with Gasteiger partial charge in [-0.05, 0) is 147 Å². The molecule has 0 amide bonds. The molecule has 0 spiro atoms. The van der Waals surface area contributed by atoms with Gasteiger partial charge in [-0.2, -0.15) is 0 Å². The Kier molecular flexibility index (Phi) is 24.9. The van der Waals surface area contributed by atoms with Crippen molar-refractivity contribution in [2.75, 3.05) is 42.5 Å². The summed E-state index contributed by atoms with van der Waals surface area (Å²) in [6, 6.07) is 34.4. The molecule has 0 aromatic heterocycles.